The maximum atomic E-state index is 4.51. The minimum atomic E-state index is 0.989. The van der Waals surface area contributed by atoms with Crippen molar-refractivity contribution < 1.29 is 0 Å². The summed E-state index contributed by atoms with van der Waals surface area (Å²) in [6.45, 7) is 0. The van der Waals surface area contributed by atoms with Crippen molar-refractivity contribution in [1.82, 2.24) is 19.1 Å². The Bertz CT molecular complexity index is 2740. The van der Waals surface area contributed by atoms with Crippen LogP contribution in [0.4, 0.5) is 34.4 Å². The zero-order valence-electron chi connectivity index (χ0n) is 30.8. The predicted octanol–water partition coefficient (Wildman–Crippen LogP) is 13.5. The van der Waals surface area contributed by atoms with Crippen molar-refractivity contribution in [2.45, 2.75) is 0 Å². The number of benzene rings is 4. The van der Waals surface area contributed by atoms with Gasteiger partial charge in [0, 0.05) is 69.2 Å². The van der Waals surface area contributed by atoms with Gasteiger partial charge in [0.2, 0.25) is 0 Å². The van der Waals surface area contributed by atoms with E-state index in [1.807, 2.05) is 36.9 Å². The lowest BCUT2D eigenvalue weighted by molar-refractivity contribution is 0.874. The van der Waals surface area contributed by atoms with Crippen LogP contribution in [0.5, 0.6) is 0 Å². The zero-order valence-corrected chi connectivity index (χ0v) is 32.5. The Morgan fingerprint density at radius 1 is 0.429 bits per heavy atom. The molecule has 4 aromatic carbocycles. The molecule has 0 fully saturated rings. The maximum absolute atomic E-state index is 4.51. The Morgan fingerprint density at radius 2 is 0.857 bits per heavy atom. The van der Waals surface area contributed by atoms with E-state index in [9.17, 15) is 0 Å². The molecule has 0 unspecified atom stereocenters. The van der Waals surface area contributed by atoms with Crippen molar-refractivity contribution in [3.63, 3.8) is 0 Å². The normalized spacial score (nSPS) is 11.4. The zero-order chi connectivity index (χ0) is 37.6. The van der Waals surface area contributed by atoms with Crippen LogP contribution in [0, 0.1) is 0 Å². The molecule has 0 aliphatic carbocycles. The van der Waals surface area contributed by atoms with Crippen LogP contribution in [0.1, 0.15) is 0 Å². The first kappa shape index (κ1) is 33.8. The van der Waals surface area contributed by atoms with Crippen LogP contribution in [0.25, 0.3) is 53.8 Å². The van der Waals surface area contributed by atoms with Gasteiger partial charge in [-0.1, -0.05) is 60.7 Å². The first-order chi connectivity index (χ1) is 27.6. The molecule has 10 rings (SSSR count). The van der Waals surface area contributed by atoms with E-state index in [1.165, 1.54) is 42.4 Å². The van der Waals surface area contributed by atoms with Gasteiger partial charge >= 0.3 is 0 Å². The van der Waals surface area contributed by atoms with Gasteiger partial charge in [-0.05, 0) is 107 Å². The van der Waals surface area contributed by atoms with Gasteiger partial charge in [0.1, 0.15) is 11.6 Å². The highest BCUT2D eigenvalue weighted by molar-refractivity contribution is 7.18. The van der Waals surface area contributed by atoms with E-state index in [4.69, 9.17) is 0 Å². The van der Waals surface area contributed by atoms with E-state index < -0.39 is 0 Å². The molecule has 0 aliphatic rings. The van der Waals surface area contributed by atoms with Gasteiger partial charge in [-0.15, -0.1) is 22.7 Å². The summed E-state index contributed by atoms with van der Waals surface area (Å²) in [6.07, 6.45) is 7.48. The molecule has 0 saturated heterocycles. The number of anilines is 6. The average molecular weight is 761 g/mol. The minimum absolute atomic E-state index is 0.989. The number of fused-ring (bicyclic) bond motifs is 2. The molecule has 6 heterocycles. The van der Waals surface area contributed by atoms with Crippen LogP contribution in [0.15, 0.2) is 181 Å². The second-order valence-corrected chi connectivity index (χ2v) is 15.6. The quantitative estimate of drug-likeness (QED) is 0.147. The molecule has 8 heteroatoms. The third-order valence-electron chi connectivity index (χ3n) is 10.6. The summed E-state index contributed by atoms with van der Waals surface area (Å²) in [5.74, 6) is 2.07. The lowest BCUT2D eigenvalue weighted by Crippen LogP contribution is -2.15. The molecule has 0 bridgehead atoms. The molecule has 0 radical (unpaired) electrons. The van der Waals surface area contributed by atoms with Crippen molar-refractivity contribution in [3.8, 4) is 33.6 Å². The van der Waals surface area contributed by atoms with Gasteiger partial charge < -0.3 is 9.13 Å². The highest BCUT2D eigenvalue weighted by Gasteiger charge is 2.22. The molecule has 0 atom stereocenters. The molecule has 0 aliphatic heterocycles. The number of aromatic nitrogens is 4. The summed E-state index contributed by atoms with van der Waals surface area (Å²) in [7, 11) is 4.27. The second-order valence-electron chi connectivity index (χ2n) is 13.7. The van der Waals surface area contributed by atoms with Crippen molar-refractivity contribution in [2.24, 2.45) is 14.1 Å². The number of nitrogens with zero attached hydrogens (tertiary/aromatic N) is 6. The number of thiophene rings is 2. The van der Waals surface area contributed by atoms with E-state index in [-0.39, 0.29) is 0 Å². The molecular weight excluding hydrogens is 725 g/mol. The summed E-state index contributed by atoms with van der Waals surface area (Å²) in [5.41, 5.74) is 11.2. The van der Waals surface area contributed by atoms with Gasteiger partial charge in [0.05, 0.1) is 35.2 Å². The fourth-order valence-corrected chi connectivity index (χ4v) is 9.69. The third kappa shape index (κ3) is 5.87. The topological polar surface area (TPSA) is 42.1 Å². The molecule has 0 amide bonds. The fraction of sp³-hybridized carbons (Fsp3) is 0.0417. The molecular formula is C48H36N6S2. The Labute approximate surface area is 333 Å². The fourth-order valence-electron chi connectivity index (χ4n) is 7.75. The van der Waals surface area contributed by atoms with Crippen LogP contribution in [-0.2, 0) is 14.1 Å². The smallest absolute Gasteiger partial charge is 0.117 e. The van der Waals surface area contributed by atoms with Gasteiger partial charge in [-0.25, -0.2) is 0 Å². The van der Waals surface area contributed by atoms with Crippen molar-refractivity contribution >= 4 is 77.2 Å². The van der Waals surface area contributed by atoms with Crippen LogP contribution in [0.2, 0.25) is 0 Å². The Balaban J connectivity index is 1.01. The molecule has 0 N–H and O–H groups in total. The van der Waals surface area contributed by atoms with Crippen LogP contribution in [-0.4, -0.2) is 19.1 Å². The van der Waals surface area contributed by atoms with Crippen molar-refractivity contribution in [1.29, 1.82) is 0 Å². The van der Waals surface area contributed by atoms with E-state index in [1.54, 1.807) is 22.7 Å². The molecule has 6 nitrogen and oxygen atoms in total. The Hall–Kier alpha value is -6.74. The first-order valence-electron chi connectivity index (χ1n) is 18.5. The first-order valence-corrected chi connectivity index (χ1v) is 20.2. The second kappa shape index (κ2) is 14.2. The molecule has 0 saturated carbocycles. The molecule has 0 spiro atoms. The van der Waals surface area contributed by atoms with Crippen molar-refractivity contribution in [3.05, 3.63) is 181 Å². The van der Waals surface area contributed by atoms with E-state index in [2.05, 4.69) is 187 Å². The van der Waals surface area contributed by atoms with Gasteiger partial charge in [0.15, 0.2) is 0 Å². The summed E-state index contributed by atoms with van der Waals surface area (Å²) in [6, 6.07) is 51.9. The largest absolute Gasteiger partial charge is 0.329 e. The number of hydrogen-bond acceptors (Lipinski definition) is 6. The van der Waals surface area contributed by atoms with Gasteiger partial charge in [0.25, 0.3) is 0 Å². The van der Waals surface area contributed by atoms with Gasteiger partial charge in [-0.2, -0.15) is 0 Å². The predicted molar refractivity (Wildman–Crippen MR) is 236 cm³/mol. The monoisotopic (exact) mass is 760 g/mol. The summed E-state index contributed by atoms with van der Waals surface area (Å²) in [4.78, 5) is 13.6. The molecule has 56 heavy (non-hydrogen) atoms. The van der Waals surface area contributed by atoms with Crippen molar-refractivity contribution in [2.75, 3.05) is 9.80 Å². The minimum Gasteiger partial charge on any atom is -0.329 e. The van der Waals surface area contributed by atoms with E-state index in [0.29, 0.717) is 0 Å². The lowest BCUT2D eigenvalue weighted by atomic mass is 10.0. The van der Waals surface area contributed by atoms with Crippen LogP contribution >= 0.6 is 22.7 Å². The molecule has 6 aromatic heterocycles. The number of rotatable bonds is 9. The number of hydrogen-bond donors (Lipinski definition) is 0. The van der Waals surface area contributed by atoms with E-state index >= 15 is 0 Å². The summed E-state index contributed by atoms with van der Waals surface area (Å²) < 4.78 is 7.13. The lowest BCUT2D eigenvalue weighted by Gasteiger charge is -2.27. The third-order valence-corrected chi connectivity index (χ3v) is 12.5. The van der Waals surface area contributed by atoms with Crippen LogP contribution < -0.4 is 9.80 Å². The maximum Gasteiger partial charge on any atom is 0.117 e. The Morgan fingerprint density at radius 3 is 1.27 bits per heavy atom. The van der Waals surface area contributed by atoms with E-state index in [0.717, 1.165) is 45.8 Å². The molecule has 10 aromatic rings. The Kier molecular flexibility index (Phi) is 8.54. The SMILES string of the molecule is Cn1c(-c2ccc(N(c3ccc(-c4csc5ccccc45)cc3)c3cccnc3)n2C)ccc1N(c1ccc(-c2csc3ccccc23)cc1)c1cccnc1. The molecule has 270 valence electrons. The number of pyridine rings is 2. The van der Waals surface area contributed by atoms with Crippen LogP contribution in [0.3, 0.4) is 0 Å². The summed E-state index contributed by atoms with van der Waals surface area (Å²) >= 11 is 3.58. The standard InChI is InChI=1S/C48H36N6S2/c1-51-43(23-25-47(51)53(37-9-7-27-49-29-37)35-19-15-33(16-20-35)41-31-55-45-13-5-3-11-39(41)45)44-24-26-48(52(44)2)54(38-10-8-28-50-30-38)36-21-17-34(18-22-36)42-32-56-46-14-6-4-12-40(42)46/h3-32H,1-2H3. The van der Waals surface area contributed by atoms with Gasteiger partial charge in [-0.3, -0.25) is 19.8 Å². The average Bonchev–Trinajstić information content (AvgIpc) is 4.06. The highest BCUT2D eigenvalue weighted by Crippen LogP contribution is 2.42. The summed E-state index contributed by atoms with van der Waals surface area (Å²) in [5, 5.41) is 7.09. The highest BCUT2D eigenvalue weighted by atomic mass is 32.1.